The van der Waals surface area contributed by atoms with Gasteiger partial charge in [-0.2, -0.15) is 0 Å². The fraction of sp³-hybridized carbons (Fsp3) is 0.955. The first-order valence-electron chi connectivity index (χ1n) is 32.6. The van der Waals surface area contributed by atoms with E-state index in [1.165, 1.54) is 250 Å². The van der Waals surface area contributed by atoms with Crippen LogP contribution in [0.1, 0.15) is 369 Å². The van der Waals surface area contributed by atoms with Crippen LogP contribution in [-0.4, -0.2) is 37.2 Å². The van der Waals surface area contributed by atoms with E-state index in [0.717, 1.165) is 75.5 Å². The van der Waals surface area contributed by atoms with Gasteiger partial charge < -0.3 is 14.2 Å². The van der Waals surface area contributed by atoms with E-state index in [9.17, 15) is 14.4 Å². The highest BCUT2D eigenvalue weighted by atomic mass is 16.6. The molecule has 0 unspecified atom stereocenters. The highest BCUT2D eigenvalue weighted by molar-refractivity contribution is 5.71. The first kappa shape index (κ1) is 70.4. The Balaban J connectivity index is 4.29. The molecular weight excluding hydrogens is 889 g/mol. The Hall–Kier alpha value is -1.59. The first-order valence-corrected chi connectivity index (χ1v) is 32.6. The van der Waals surface area contributed by atoms with Gasteiger partial charge in [0.05, 0.1) is 0 Å². The highest BCUT2D eigenvalue weighted by Crippen LogP contribution is 2.19. The normalized spacial score (nSPS) is 12.1. The third-order valence-corrected chi connectivity index (χ3v) is 15.1. The minimum absolute atomic E-state index is 0.0623. The lowest BCUT2D eigenvalue weighted by molar-refractivity contribution is -0.167. The summed E-state index contributed by atoms with van der Waals surface area (Å²) in [4.78, 5) is 38.3. The fourth-order valence-electron chi connectivity index (χ4n) is 10.2. The standard InChI is InChI=1S/C66H128O6/c1-60(2)52-46-40-34-28-22-16-11-7-9-13-19-25-31-37-43-49-55-64(67)70-58-63(59-71-65(68)56-50-44-38-32-26-21-15-18-24-30-36-42-48-54-62(5)6)72-66(69)57-51-45-39-33-27-20-14-10-8-12-17-23-29-35-41-47-53-61(3)4/h60-63H,7-59H2,1-6H3/t63-/m1/s1. The average Bonchev–Trinajstić information content (AvgIpc) is 3.34. The molecule has 0 spiro atoms. The molecule has 428 valence electrons. The number of hydrogen-bond donors (Lipinski definition) is 0. The van der Waals surface area contributed by atoms with Crippen molar-refractivity contribution in [3.05, 3.63) is 0 Å². The molecule has 72 heavy (non-hydrogen) atoms. The van der Waals surface area contributed by atoms with Crippen LogP contribution in [0.4, 0.5) is 0 Å². The lowest BCUT2D eigenvalue weighted by Crippen LogP contribution is -2.30. The molecule has 0 bridgehead atoms. The summed E-state index contributed by atoms with van der Waals surface area (Å²) >= 11 is 0. The summed E-state index contributed by atoms with van der Waals surface area (Å²) in [7, 11) is 0. The number of esters is 3. The van der Waals surface area contributed by atoms with Gasteiger partial charge in [0.1, 0.15) is 13.2 Å². The zero-order valence-corrected chi connectivity index (χ0v) is 49.7. The number of ether oxygens (including phenoxy) is 3. The van der Waals surface area contributed by atoms with Gasteiger partial charge in [0.15, 0.2) is 6.10 Å². The van der Waals surface area contributed by atoms with Gasteiger partial charge in [-0.1, -0.05) is 330 Å². The largest absolute Gasteiger partial charge is 0.462 e. The predicted molar refractivity (Wildman–Crippen MR) is 312 cm³/mol. The second-order valence-electron chi connectivity index (χ2n) is 24.2. The Morgan fingerprint density at radius 2 is 0.403 bits per heavy atom. The molecule has 0 aliphatic heterocycles. The van der Waals surface area contributed by atoms with Crippen molar-refractivity contribution in [2.75, 3.05) is 13.2 Å². The van der Waals surface area contributed by atoms with Crippen molar-refractivity contribution in [1.82, 2.24) is 0 Å². The zero-order chi connectivity index (χ0) is 52.6. The third-order valence-electron chi connectivity index (χ3n) is 15.1. The van der Waals surface area contributed by atoms with Crippen LogP contribution in [0, 0.1) is 17.8 Å². The quantitative estimate of drug-likeness (QED) is 0.0343. The van der Waals surface area contributed by atoms with E-state index >= 15 is 0 Å². The minimum Gasteiger partial charge on any atom is -0.462 e. The van der Waals surface area contributed by atoms with Crippen LogP contribution in [0.3, 0.4) is 0 Å². The molecular formula is C66H128O6. The summed E-state index contributed by atoms with van der Waals surface area (Å²) in [5.41, 5.74) is 0. The molecule has 1 atom stereocenters. The summed E-state index contributed by atoms with van der Waals surface area (Å²) < 4.78 is 17.0. The van der Waals surface area contributed by atoms with Gasteiger partial charge in [-0.05, 0) is 37.0 Å². The molecule has 0 amide bonds. The molecule has 0 aromatic heterocycles. The van der Waals surface area contributed by atoms with E-state index in [0.29, 0.717) is 19.3 Å². The Labute approximate surface area is 450 Å². The van der Waals surface area contributed by atoms with Gasteiger partial charge in [-0.3, -0.25) is 14.4 Å². The number of carbonyl (C=O) groups is 3. The molecule has 0 aliphatic carbocycles. The molecule has 0 saturated carbocycles. The van der Waals surface area contributed by atoms with E-state index in [4.69, 9.17) is 14.2 Å². The molecule has 0 aromatic carbocycles. The average molecular weight is 1020 g/mol. The fourth-order valence-corrected chi connectivity index (χ4v) is 10.2. The molecule has 0 rings (SSSR count). The zero-order valence-electron chi connectivity index (χ0n) is 49.7. The predicted octanol–water partition coefficient (Wildman–Crippen LogP) is 21.8. The monoisotopic (exact) mass is 1020 g/mol. The summed E-state index contributed by atoms with van der Waals surface area (Å²) in [5.74, 6) is 1.71. The van der Waals surface area contributed by atoms with Crippen LogP contribution in [0.5, 0.6) is 0 Å². The molecule has 0 heterocycles. The molecule has 0 fully saturated rings. The maximum Gasteiger partial charge on any atom is 0.306 e. The summed E-state index contributed by atoms with van der Waals surface area (Å²) in [5, 5.41) is 0. The van der Waals surface area contributed by atoms with Gasteiger partial charge in [0, 0.05) is 19.3 Å². The summed E-state index contributed by atoms with van der Waals surface area (Å²) in [6.07, 6.45) is 62.5. The van der Waals surface area contributed by atoms with E-state index < -0.39 is 6.10 Å². The number of unbranched alkanes of at least 4 members (excludes halogenated alkanes) is 42. The topological polar surface area (TPSA) is 78.9 Å². The van der Waals surface area contributed by atoms with E-state index in [1.54, 1.807) is 0 Å². The molecule has 0 aliphatic rings. The van der Waals surface area contributed by atoms with E-state index in [2.05, 4.69) is 41.5 Å². The van der Waals surface area contributed by atoms with E-state index in [-0.39, 0.29) is 31.1 Å². The molecule has 6 heteroatoms. The SMILES string of the molecule is CC(C)CCCCCCCCCCCCCCCCCCC(=O)OC[C@H](COC(=O)CCCCCCCCCCCCCCCC(C)C)OC(=O)CCCCCCCCCCCCCCCCCCC(C)C. The summed E-state index contributed by atoms with van der Waals surface area (Å²) in [6, 6.07) is 0. The second kappa shape index (κ2) is 57.1. The summed E-state index contributed by atoms with van der Waals surface area (Å²) in [6.45, 7) is 13.8. The Bertz CT molecular complexity index is 1120. The van der Waals surface area contributed by atoms with Crippen LogP contribution in [0.2, 0.25) is 0 Å². The lowest BCUT2D eigenvalue weighted by Gasteiger charge is -2.18. The number of carbonyl (C=O) groups excluding carboxylic acids is 3. The van der Waals surface area contributed by atoms with Crippen LogP contribution in [-0.2, 0) is 28.6 Å². The maximum atomic E-state index is 12.9. The minimum atomic E-state index is -0.765. The van der Waals surface area contributed by atoms with Crippen LogP contribution in [0.25, 0.3) is 0 Å². The molecule has 0 radical (unpaired) electrons. The maximum absolute atomic E-state index is 12.9. The Morgan fingerprint density at radius 1 is 0.236 bits per heavy atom. The number of hydrogen-bond acceptors (Lipinski definition) is 6. The van der Waals surface area contributed by atoms with Crippen molar-refractivity contribution < 1.29 is 28.6 Å². The van der Waals surface area contributed by atoms with Crippen molar-refractivity contribution in [1.29, 1.82) is 0 Å². The van der Waals surface area contributed by atoms with Gasteiger partial charge in [-0.25, -0.2) is 0 Å². The Morgan fingerprint density at radius 3 is 0.597 bits per heavy atom. The van der Waals surface area contributed by atoms with Crippen molar-refractivity contribution in [2.45, 2.75) is 375 Å². The first-order chi connectivity index (χ1) is 35.1. The van der Waals surface area contributed by atoms with Gasteiger partial charge in [-0.15, -0.1) is 0 Å². The van der Waals surface area contributed by atoms with Crippen molar-refractivity contribution in [2.24, 2.45) is 17.8 Å². The highest BCUT2D eigenvalue weighted by Gasteiger charge is 2.19. The van der Waals surface area contributed by atoms with E-state index in [1.807, 2.05) is 0 Å². The molecule has 0 saturated heterocycles. The Kier molecular flexibility index (Phi) is 55.9. The van der Waals surface area contributed by atoms with Crippen molar-refractivity contribution in [3.8, 4) is 0 Å². The lowest BCUT2D eigenvalue weighted by atomic mass is 10.0. The van der Waals surface area contributed by atoms with Crippen LogP contribution < -0.4 is 0 Å². The molecule has 0 aromatic rings. The van der Waals surface area contributed by atoms with Gasteiger partial charge in [0.2, 0.25) is 0 Å². The van der Waals surface area contributed by atoms with Crippen LogP contribution in [0.15, 0.2) is 0 Å². The van der Waals surface area contributed by atoms with Crippen molar-refractivity contribution >= 4 is 17.9 Å². The third kappa shape index (κ3) is 59.3. The van der Waals surface area contributed by atoms with Gasteiger partial charge in [0.25, 0.3) is 0 Å². The number of rotatable bonds is 59. The van der Waals surface area contributed by atoms with Crippen molar-refractivity contribution in [3.63, 3.8) is 0 Å². The molecule has 6 nitrogen and oxygen atoms in total. The van der Waals surface area contributed by atoms with Crippen LogP contribution >= 0.6 is 0 Å². The van der Waals surface area contributed by atoms with Gasteiger partial charge >= 0.3 is 17.9 Å². The molecule has 0 N–H and O–H groups in total. The smallest absolute Gasteiger partial charge is 0.306 e. The second-order valence-corrected chi connectivity index (χ2v) is 24.2.